The van der Waals surface area contributed by atoms with E-state index in [4.69, 9.17) is 4.74 Å². The van der Waals surface area contributed by atoms with Crippen molar-refractivity contribution in [2.45, 2.75) is 95.1 Å². The highest BCUT2D eigenvalue weighted by Crippen LogP contribution is 2.25. The highest BCUT2D eigenvalue weighted by molar-refractivity contribution is 5.07. The maximum Gasteiger partial charge on any atom is 0.106 e. The second-order valence-corrected chi connectivity index (χ2v) is 6.89. The van der Waals surface area contributed by atoms with Crippen LogP contribution in [0.3, 0.4) is 0 Å². The van der Waals surface area contributed by atoms with E-state index >= 15 is 0 Å². The second kappa shape index (κ2) is 9.43. The first kappa shape index (κ1) is 16.8. The number of nitrogens with zero attached hydrogens (tertiary/aromatic N) is 1. The summed E-state index contributed by atoms with van der Waals surface area (Å²) in [5.74, 6) is 0. The number of rotatable bonds is 3. The van der Waals surface area contributed by atoms with Crippen LogP contribution in [0.4, 0.5) is 0 Å². The Morgan fingerprint density at radius 2 is 1.48 bits per heavy atom. The lowest BCUT2D eigenvalue weighted by Crippen LogP contribution is -2.47. The Balaban J connectivity index is 1.85. The van der Waals surface area contributed by atoms with Gasteiger partial charge in [0.2, 0.25) is 0 Å². The Morgan fingerprint density at radius 1 is 0.905 bits per heavy atom. The van der Waals surface area contributed by atoms with Gasteiger partial charge in [0.15, 0.2) is 0 Å². The molecular formula is C18H32N2O. The summed E-state index contributed by atoms with van der Waals surface area (Å²) < 4.78 is 5.70. The lowest BCUT2D eigenvalue weighted by Gasteiger charge is -2.30. The molecule has 0 aromatic carbocycles. The molecule has 0 spiro atoms. The van der Waals surface area contributed by atoms with Crippen molar-refractivity contribution in [2.75, 3.05) is 13.2 Å². The molecule has 21 heavy (non-hydrogen) atoms. The molecule has 3 heteroatoms. The second-order valence-electron chi connectivity index (χ2n) is 6.89. The van der Waals surface area contributed by atoms with Crippen LogP contribution in [0.5, 0.6) is 0 Å². The molecule has 3 nitrogen and oxygen atoms in total. The molecule has 1 N–H and O–H groups in total. The van der Waals surface area contributed by atoms with Crippen LogP contribution in [0.2, 0.25) is 0 Å². The Kier molecular flexibility index (Phi) is 7.53. The van der Waals surface area contributed by atoms with E-state index in [1.165, 1.54) is 64.2 Å². The van der Waals surface area contributed by atoms with Crippen molar-refractivity contribution in [3.8, 4) is 6.07 Å². The molecule has 1 atom stereocenters. The van der Waals surface area contributed by atoms with Gasteiger partial charge in [-0.05, 0) is 25.7 Å². The van der Waals surface area contributed by atoms with Crippen LogP contribution in [-0.4, -0.2) is 24.8 Å². The Morgan fingerprint density at radius 3 is 1.95 bits per heavy atom. The predicted octanol–water partition coefficient (Wildman–Crippen LogP) is 4.32. The normalized spacial score (nSPS) is 28.2. The highest BCUT2D eigenvalue weighted by Gasteiger charge is 2.30. The first-order chi connectivity index (χ1) is 10.3. The van der Waals surface area contributed by atoms with E-state index in [-0.39, 0.29) is 5.54 Å². The van der Waals surface area contributed by atoms with Crippen molar-refractivity contribution in [1.29, 1.82) is 5.26 Å². The molecule has 0 bridgehead atoms. The lowest BCUT2D eigenvalue weighted by atomic mass is 9.86. The van der Waals surface area contributed by atoms with E-state index < -0.39 is 0 Å². The molecule has 120 valence electrons. The molecule has 0 radical (unpaired) electrons. The molecule has 1 saturated heterocycles. The van der Waals surface area contributed by atoms with Crippen molar-refractivity contribution in [3.05, 3.63) is 0 Å². The summed E-state index contributed by atoms with van der Waals surface area (Å²) in [4.78, 5) is 0. The SMILES string of the molecule is N#CC1(NCC2CCCO2)CCCCCCCCCCC1. The molecule has 1 aliphatic carbocycles. The maximum atomic E-state index is 9.77. The van der Waals surface area contributed by atoms with Gasteiger partial charge in [0.1, 0.15) is 5.54 Å². The summed E-state index contributed by atoms with van der Waals surface area (Å²) in [5, 5.41) is 13.4. The van der Waals surface area contributed by atoms with Gasteiger partial charge >= 0.3 is 0 Å². The zero-order chi connectivity index (χ0) is 14.8. The van der Waals surface area contributed by atoms with Crippen LogP contribution in [0.15, 0.2) is 0 Å². The Hall–Kier alpha value is -0.590. The third-order valence-corrected chi connectivity index (χ3v) is 5.11. The van der Waals surface area contributed by atoms with Gasteiger partial charge in [0.05, 0.1) is 12.2 Å². The number of hydrogen-bond acceptors (Lipinski definition) is 3. The van der Waals surface area contributed by atoms with Gasteiger partial charge in [-0.1, -0.05) is 57.8 Å². The minimum Gasteiger partial charge on any atom is -0.377 e. The van der Waals surface area contributed by atoms with E-state index in [1.54, 1.807) is 0 Å². The van der Waals surface area contributed by atoms with Crippen LogP contribution >= 0.6 is 0 Å². The van der Waals surface area contributed by atoms with Gasteiger partial charge in [-0.25, -0.2) is 0 Å². The van der Waals surface area contributed by atoms with E-state index in [0.29, 0.717) is 6.10 Å². The summed E-state index contributed by atoms with van der Waals surface area (Å²) in [5.41, 5.74) is -0.300. The topological polar surface area (TPSA) is 45.0 Å². The molecule has 0 aromatic rings. The van der Waals surface area contributed by atoms with E-state index in [9.17, 15) is 5.26 Å². The minimum absolute atomic E-state index is 0.300. The van der Waals surface area contributed by atoms with Gasteiger partial charge < -0.3 is 4.74 Å². The molecule has 1 unspecified atom stereocenters. The smallest absolute Gasteiger partial charge is 0.106 e. The average Bonchev–Trinajstić information content (AvgIpc) is 3.01. The zero-order valence-electron chi connectivity index (χ0n) is 13.5. The Labute approximate surface area is 130 Å². The molecule has 1 saturated carbocycles. The number of hydrogen-bond donors (Lipinski definition) is 1. The quantitative estimate of drug-likeness (QED) is 0.842. The van der Waals surface area contributed by atoms with E-state index in [2.05, 4.69) is 11.4 Å². The van der Waals surface area contributed by atoms with Crippen molar-refractivity contribution in [3.63, 3.8) is 0 Å². The fraction of sp³-hybridized carbons (Fsp3) is 0.944. The van der Waals surface area contributed by atoms with Crippen LogP contribution in [0.1, 0.15) is 83.5 Å². The first-order valence-electron chi connectivity index (χ1n) is 9.13. The molecule has 0 aromatic heterocycles. The van der Waals surface area contributed by atoms with Crippen molar-refractivity contribution >= 4 is 0 Å². The molecule has 0 amide bonds. The van der Waals surface area contributed by atoms with Crippen LogP contribution in [0.25, 0.3) is 0 Å². The average molecular weight is 292 g/mol. The molecule has 2 rings (SSSR count). The van der Waals surface area contributed by atoms with Crippen LogP contribution < -0.4 is 5.32 Å². The third kappa shape index (κ3) is 5.96. The van der Waals surface area contributed by atoms with Crippen molar-refractivity contribution in [1.82, 2.24) is 5.32 Å². The number of ether oxygens (including phenoxy) is 1. The van der Waals surface area contributed by atoms with Gasteiger partial charge in [-0.3, -0.25) is 5.32 Å². The van der Waals surface area contributed by atoms with Crippen molar-refractivity contribution < 1.29 is 4.74 Å². The zero-order valence-corrected chi connectivity index (χ0v) is 13.5. The van der Waals surface area contributed by atoms with Gasteiger partial charge in [-0.15, -0.1) is 0 Å². The third-order valence-electron chi connectivity index (χ3n) is 5.11. The van der Waals surface area contributed by atoms with Gasteiger partial charge in [0, 0.05) is 13.2 Å². The van der Waals surface area contributed by atoms with Gasteiger partial charge in [0.25, 0.3) is 0 Å². The lowest BCUT2D eigenvalue weighted by molar-refractivity contribution is 0.102. The highest BCUT2D eigenvalue weighted by atomic mass is 16.5. The molecule has 1 aliphatic heterocycles. The summed E-state index contributed by atoms with van der Waals surface area (Å²) in [6.07, 6.45) is 16.4. The monoisotopic (exact) mass is 292 g/mol. The Bertz CT molecular complexity index is 306. The number of nitriles is 1. The molecular weight excluding hydrogens is 260 g/mol. The molecule has 2 aliphatic rings. The minimum atomic E-state index is -0.300. The summed E-state index contributed by atoms with van der Waals surface area (Å²) in [6, 6.07) is 2.63. The largest absolute Gasteiger partial charge is 0.377 e. The fourth-order valence-corrected chi connectivity index (χ4v) is 3.66. The van der Waals surface area contributed by atoms with E-state index in [1.807, 2.05) is 0 Å². The van der Waals surface area contributed by atoms with Crippen molar-refractivity contribution in [2.24, 2.45) is 0 Å². The fourth-order valence-electron chi connectivity index (χ4n) is 3.66. The summed E-state index contributed by atoms with van der Waals surface area (Å²) >= 11 is 0. The van der Waals surface area contributed by atoms with Crippen LogP contribution in [-0.2, 0) is 4.74 Å². The predicted molar refractivity (Wildman–Crippen MR) is 86.1 cm³/mol. The molecule has 2 fully saturated rings. The number of nitrogens with one attached hydrogen (secondary N) is 1. The van der Waals surface area contributed by atoms with Gasteiger partial charge in [-0.2, -0.15) is 5.26 Å². The first-order valence-corrected chi connectivity index (χ1v) is 9.13. The summed E-state index contributed by atoms with van der Waals surface area (Å²) in [7, 11) is 0. The maximum absolute atomic E-state index is 9.77. The molecule has 1 heterocycles. The van der Waals surface area contributed by atoms with Crippen LogP contribution in [0, 0.1) is 11.3 Å². The summed E-state index contributed by atoms with van der Waals surface area (Å²) in [6.45, 7) is 1.75. The van der Waals surface area contributed by atoms with E-state index in [0.717, 1.165) is 32.4 Å². The standard InChI is InChI=1S/C18H32N2O/c19-16-18(20-15-17-11-10-14-21-17)12-8-6-4-2-1-3-5-7-9-13-18/h17,20H,1-15H2.